The van der Waals surface area contributed by atoms with Crippen LogP contribution in [0.4, 0.5) is 5.69 Å². The third-order valence-corrected chi connectivity index (χ3v) is 6.73. The third kappa shape index (κ3) is 5.07. The summed E-state index contributed by atoms with van der Waals surface area (Å²) in [6.45, 7) is 4.34. The standard InChI is InChI=1S/C24H26N2O3S/c1-3-21-22(25-17-24(27)26-16-19-8-5-4-6-9-19)10-7-11-23(21)30(28,29)20-14-12-18(2)13-15-20/h4-15,25H,3,16-17H2,1-2H3,(H,26,27). The Bertz CT molecular complexity index is 1110. The molecule has 0 saturated carbocycles. The molecule has 0 aliphatic heterocycles. The highest BCUT2D eigenvalue weighted by atomic mass is 32.2. The van der Waals surface area contributed by atoms with Crippen molar-refractivity contribution in [2.45, 2.75) is 36.6 Å². The minimum Gasteiger partial charge on any atom is -0.376 e. The van der Waals surface area contributed by atoms with Crippen LogP contribution in [0.2, 0.25) is 0 Å². The Balaban J connectivity index is 1.75. The molecule has 156 valence electrons. The summed E-state index contributed by atoms with van der Waals surface area (Å²) >= 11 is 0. The molecular weight excluding hydrogens is 396 g/mol. The summed E-state index contributed by atoms with van der Waals surface area (Å²) in [5.41, 5.74) is 3.35. The van der Waals surface area contributed by atoms with Crippen LogP contribution in [0.5, 0.6) is 0 Å². The SMILES string of the molecule is CCc1c(NCC(=O)NCc2ccccc2)cccc1S(=O)(=O)c1ccc(C)cc1. The average molecular weight is 423 g/mol. The molecule has 3 aromatic rings. The molecule has 0 fully saturated rings. The van der Waals surface area contributed by atoms with Crippen molar-refractivity contribution in [2.24, 2.45) is 0 Å². The van der Waals surface area contributed by atoms with E-state index in [4.69, 9.17) is 0 Å². The number of benzene rings is 3. The monoisotopic (exact) mass is 422 g/mol. The largest absolute Gasteiger partial charge is 0.376 e. The number of hydrogen-bond donors (Lipinski definition) is 2. The number of sulfone groups is 1. The molecule has 0 unspecified atom stereocenters. The molecule has 0 aromatic heterocycles. The lowest BCUT2D eigenvalue weighted by Crippen LogP contribution is -2.29. The average Bonchev–Trinajstić information content (AvgIpc) is 2.77. The molecule has 0 aliphatic rings. The maximum atomic E-state index is 13.2. The predicted molar refractivity (Wildman–Crippen MR) is 119 cm³/mol. The number of carbonyl (C=O) groups excluding carboxylic acids is 1. The molecule has 0 spiro atoms. The predicted octanol–water partition coefficient (Wildman–Crippen LogP) is 4.12. The first kappa shape index (κ1) is 21.6. The Hall–Kier alpha value is -3.12. The second kappa shape index (κ2) is 9.59. The first-order valence-electron chi connectivity index (χ1n) is 9.90. The van der Waals surface area contributed by atoms with Crippen molar-refractivity contribution in [2.75, 3.05) is 11.9 Å². The summed E-state index contributed by atoms with van der Waals surface area (Å²) in [5.74, 6) is -0.160. The molecule has 30 heavy (non-hydrogen) atoms. The number of nitrogens with one attached hydrogen (secondary N) is 2. The summed E-state index contributed by atoms with van der Waals surface area (Å²) < 4.78 is 26.3. The fourth-order valence-corrected chi connectivity index (χ4v) is 4.81. The molecule has 0 atom stereocenters. The second-order valence-electron chi connectivity index (χ2n) is 7.07. The topological polar surface area (TPSA) is 75.3 Å². The van der Waals surface area contributed by atoms with E-state index in [2.05, 4.69) is 10.6 Å². The van der Waals surface area contributed by atoms with Gasteiger partial charge in [-0.25, -0.2) is 8.42 Å². The fraction of sp³-hybridized carbons (Fsp3) is 0.208. The van der Waals surface area contributed by atoms with E-state index in [9.17, 15) is 13.2 Å². The Morgan fingerprint density at radius 1 is 0.900 bits per heavy atom. The Labute approximate surface area is 178 Å². The number of hydrogen-bond acceptors (Lipinski definition) is 4. The van der Waals surface area contributed by atoms with E-state index in [0.29, 0.717) is 24.2 Å². The molecule has 0 heterocycles. The van der Waals surface area contributed by atoms with Crippen LogP contribution in [0, 0.1) is 6.92 Å². The summed E-state index contributed by atoms with van der Waals surface area (Å²) in [6, 6.07) is 21.6. The lowest BCUT2D eigenvalue weighted by molar-refractivity contribution is -0.119. The van der Waals surface area contributed by atoms with Crippen molar-refractivity contribution in [3.05, 3.63) is 89.5 Å². The van der Waals surface area contributed by atoms with Gasteiger partial charge in [0, 0.05) is 12.2 Å². The second-order valence-corrected chi connectivity index (χ2v) is 8.99. The quantitative estimate of drug-likeness (QED) is 0.573. The molecule has 0 radical (unpaired) electrons. The van der Waals surface area contributed by atoms with Crippen LogP contribution in [0.25, 0.3) is 0 Å². The zero-order valence-corrected chi connectivity index (χ0v) is 18.0. The molecule has 5 nitrogen and oxygen atoms in total. The van der Waals surface area contributed by atoms with Crippen molar-refractivity contribution >= 4 is 21.4 Å². The van der Waals surface area contributed by atoms with Gasteiger partial charge in [-0.2, -0.15) is 0 Å². The molecule has 0 aliphatic carbocycles. The van der Waals surface area contributed by atoms with Gasteiger partial charge in [-0.05, 0) is 48.7 Å². The minimum absolute atomic E-state index is 0.0634. The number of aryl methyl sites for hydroxylation is 1. The fourth-order valence-electron chi connectivity index (χ4n) is 3.23. The summed E-state index contributed by atoms with van der Waals surface area (Å²) in [5, 5.41) is 5.96. The van der Waals surface area contributed by atoms with Gasteiger partial charge in [0.05, 0.1) is 16.3 Å². The third-order valence-electron chi connectivity index (χ3n) is 4.88. The normalized spacial score (nSPS) is 11.1. The first-order chi connectivity index (χ1) is 14.4. The van der Waals surface area contributed by atoms with Crippen LogP contribution in [0.3, 0.4) is 0 Å². The van der Waals surface area contributed by atoms with Gasteiger partial charge in [0.2, 0.25) is 15.7 Å². The van der Waals surface area contributed by atoms with Gasteiger partial charge >= 0.3 is 0 Å². The highest BCUT2D eigenvalue weighted by Crippen LogP contribution is 2.29. The van der Waals surface area contributed by atoms with E-state index in [1.807, 2.05) is 44.2 Å². The Morgan fingerprint density at radius 2 is 1.60 bits per heavy atom. The van der Waals surface area contributed by atoms with Crippen molar-refractivity contribution in [1.82, 2.24) is 5.32 Å². The lowest BCUT2D eigenvalue weighted by Gasteiger charge is -2.16. The van der Waals surface area contributed by atoms with Crippen molar-refractivity contribution < 1.29 is 13.2 Å². The number of carbonyl (C=O) groups is 1. The molecule has 0 saturated heterocycles. The molecule has 1 amide bonds. The van der Waals surface area contributed by atoms with Crippen LogP contribution in [0.15, 0.2) is 82.6 Å². The van der Waals surface area contributed by atoms with Gasteiger partial charge in [0.1, 0.15) is 0 Å². The molecule has 2 N–H and O–H groups in total. The molecule has 0 bridgehead atoms. The highest BCUT2D eigenvalue weighted by Gasteiger charge is 2.22. The van der Waals surface area contributed by atoms with Crippen molar-refractivity contribution in [3.63, 3.8) is 0 Å². The summed E-state index contributed by atoms with van der Waals surface area (Å²) in [6.07, 6.45) is 0.523. The maximum absolute atomic E-state index is 13.2. The minimum atomic E-state index is -3.65. The van der Waals surface area contributed by atoms with Gasteiger partial charge in [0.15, 0.2) is 0 Å². The van der Waals surface area contributed by atoms with E-state index in [1.54, 1.807) is 42.5 Å². The van der Waals surface area contributed by atoms with Crippen LogP contribution >= 0.6 is 0 Å². The van der Waals surface area contributed by atoms with Crippen LogP contribution in [0.1, 0.15) is 23.6 Å². The van der Waals surface area contributed by atoms with Crippen molar-refractivity contribution in [3.8, 4) is 0 Å². The van der Waals surface area contributed by atoms with Crippen LogP contribution in [-0.4, -0.2) is 20.9 Å². The maximum Gasteiger partial charge on any atom is 0.239 e. The van der Waals surface area contributed by atoms with E-state index in [0.717, 1.165) is 11.1 Å². The molecular formula is C24H26N2O3S. The van der Waals surface area contributed by atoms with Crippen LogP contribution < -0.4 is 10.6 Å². The van der Waals surface area contributed by atoms with Gasteiger partial charge in [-0.3, -0.25) is 4.79 Å². The van der Waals surface area contributed by atoms with Gasteiger partial charge < -0.3 is 10.6 Å². The lowest BCUT2D eigenvalue weighted by atomic mass is 10.1. The number of rotatable bonds is 8. The highest BCUT2D eigenvalue weighted by molar-refractivity contribution is 7.91. The van der Waals surface area contributed by atoms with E-state index in [1.165, 1.54) is 0 Å². The summed E-state index contributed by atoms with van der Waals surface area (Å²) in [4.78, 5) is 12.8. The molecule has 3 rings (SSSR count). The first-order valence-corrected chi connectivity index (χ1v) is 11.4. The van der Waals surface area contributed by atoms with E-state index in [-0.39, 0.29) is 22.2 Å². The van der Waals surface area contributed by atoms with Gasteiger partial charge in [-0.1, -0.05) is 61.0 Å². The van der Waals surface area contributed by atoms with Gasteiger partial charge in [-0.15, -0.1) is 0 Å². The van der Waals surface area contributed by atoms with E-state index < -0.39 is 9.84 Å². The molecule has 3 aromatic carbocycles. The zero-order chi connectivity index (χ0) is 21.6. The van der Waals surface area contributed by atoms with Gasteiger partial charge in [0.25, 0.3) is 0 Å². The van der Waals surface area contributed by atoms with Crippen LogP contribution in [-0.2, 0) is 27.6 Å². The smallest absolute Gasteiger partial charge is 0.239 e. The van der Waals surface area contributed by atoms with E-state index >= 15 is 0 Å². The number of amides is 1. The molecule has 6 heteroatoms. The number of anilines is 1. The Kier molecular flexibility index (Phi) is 6.90. The van der Waals surface area contributed by atoms with Crippen molar-refractivity contribution in [1.29, 1.82) is 0 Å². The summed E-state index contributed by atoms with van der Waals surface area (Å²) in [7, 11) is -3.65. The zero-order valence-electron chi connectivity index (χ0n) is 17.2. The Morgan fingerprint density at radius 3 is 2.27 bits per heavy atom.